The molecule has 1 aromatic rings. The molecule has 4 nitrogen and oxygen atoms in total. The Morgan fingerprint density at radius 1 is 1.47 bits per heavy atom. The first-order valence-electron chi connectivity index (χ1n) is 4.56. The fraction of sp³-hybridized carbons (Fsp3) is 0.400. The van der Waals surface area contributed by atoms with Crippen LogP contribution in [0.25, 0.3) is 0 Å². The molecule has 0 saturated carbocycles. The summed E-state index contributed by atoms with van der Waals surface area (Å²) in [6.07, 6.45) is 1.57. The number of hydrogen-bond acceptors (Lipinski definition) is 4. The number of halogens is 3. The van der Waals surface area contributed by atoms with Gasteiger partial charge in [0.1, 0.15) is 5.82 Å². The number of ketones is 1. The van der Waals surface area contributed by atoms with E-state index in [4.69, 9.17) is 4.74 Å². The average molecular weight is 435 g/mol. The number of methoxy groups -OCH3 is 1. The van der Waals surface area contributed by atoms with E-state index < -0.39 is 0 Å². The molecule has 17 heavy (non-hydrogen) atoms. The summed E-state index contributed by atoms with van der Waals surface area (Å²) in [5.41, 5.74) is 0.615. The van der Waals surface area contributed by atoms with Crippen LogP contribution in [0.2, 0.25) is 0 Å². The van der Waals surface area contributed by atoms with Crippen LogP contribution in [0.5, 0.6) is 0 Å². The van der Waals surface area contributed by atoms with Crippen LogP contribution in [-0.4, -0.2) is 36.4 Å². The number of ether oxygens (including phenoxy) is 1. The fourth-order valence-corrected chi connectivity index (χ4v) is 1.35. The van der Waals surface area contributed by atoms with E-state index in [2.05, 4.69) is 26.2 Å². The van der Waals surface area contributed by atoms with Crippen molar-refractivity contribution in [2.75, 3.05) is 30.9 Å². The summed E-state index contributed by atoms with van der Waals surface area (Å²) < 4.78 is 4.89. The molecule has 1 N–H and O–H groups in total. The highest BCUT2D eigenvalue weighted by Crippen LogP contribution is 2.06. The molecule has 1 heterocycles. The van der Waals surface area contributed by atoms with Gasteiger partial charge in [0.05, 0.1) is 11.9 Å². The van der Waals surface area contributed by atoms with E-state index in [-0.39, 0.29) is 39.7 Å². The first kappa shape index (κ1) is 19.4. The number of nitrogens with one attached hydrogen (secondary N) is 1. The highest BCUT2D eigenvalue weighted by Gasteiger charge is 2.03. The van der Waals surface area contributed by atoms with Crippen LogP contribution in [0.4, 0.5) is 5.82 Å². The number of carbonyl (C=O) groups excluding carboxylic acids is 1. The molecule has 0 fully saturated rings. The van der Waals surface area contributed by atoms with Crippen LogP contribution >= 0.6 is 49.9 Å². The third kappa shape index (κ3) is 7.13. The summed E-state index contributed by atoms with van der Waals surface area (Å²) in [6.45, 7) is 1.33. The van der Waals surface area contributed by atoms with E-state index in [0.717, 1.165) is 5.82 Å². The Kier molecular flexibility index (Phi) is 12.7. The van der Waals surface area contributed by atoms with Crippen LogP contribution in [0, 0.1) is 0 Å². The van der Waals surface area contributed by atoms with E-state index in [1.807, 2.05) is 0 Å². The zero-order valence-corrected chi connectivity index (χ0v) is 14.3. The Hall–Kier alpha value is 0.0200. The van der Waals surface area contributed by atoms with Crippen molar-refractivity contribution in [2.45, 2.75) is 0 Å². The van der Waals surface area contributed by atoms with E-state index in [0.29, 0.717) is 24.0 Å². The van der Waals surface area contributed by atoms with Gasteiger partial charge in [-0.1, -0.05) is 15.9 Å². The summed E-state index contributed by atoms with van der Waals surface area (Å²) >= 11 is 3.11. The first-order chi connectivity index (χ1) is 7.27. The second kappa shape index (κ2) is 11.1. The van der Waals surface area contributed by atoms with E-state index in [9.17, 15) is 4.79 Å². The maximum atomic E-state index is 11.3. The lowest BCUT2D eigenvalue weighted by Crippen LogP contribution is -2.09. The maximum Gasteiger partial charge on any atom is 0.174 e. The third-order valence-corrected chi connectivity index (χ3v) is 2.33. The third-order valence-electron chi connectivity index (χ3n) is 1.82. The van der Waals surface area contributed by atoms with Gasteiger partial charge in [-0.3, -0.25) is 4.79 Å². The second-order valence-electron chi connectivity index (χ2n) is 2.91. The standard InChI is InChI=1S/C10H13BrN2O2.2BrH/c1-15-5-4-12-10-3-2-8(7-13-10)9(14)6-11;;/h2-3,7H,4-6H2,1H3,(H,12,13);2*1H. The van der Waals surface area contributed by atoms with Gasteiger partial charge >= 0.3 is 0 Å². The van der Waals surface area contributed by atoms with Gasteiger partial charge in [-0.2, -0.15) is 0 Å². The van der Waals surface area contributed by atoms with Crippen molar-refractivity contribution >= 4 is 61.5 Å². The Balaban J connectivity index is 0. The molecular formula is C10H15Br3N2O2. The smallest absolute Gasteiger partial charge is 0.174 e. The quantitative estimate of drug-likeness (QED) is 0.425. The summed E-state index contributed by atoms with van der Waals surface area (Å²) in [5, 5.41) is 3.40. The van der Waals surface area contributed by atoms with Gasteiger partial charge in [-0.05, 0) is 12.1 Å². The lowest BCUT2D eigenvalue weighted by Gasteiger charge is -2.04. The number of alkyl halides is 1. The molecule has 0 radical (unpaired) electrons. The van der Waals surface area contributed by atoms with Gasteiger partial charge in [0.2, 0.25) is 0 Å². The molecule has 0 atom stereocenters. The lowest BCUT2D eigenvalue weighted by molar-refractivity contribution is 0.102. The van der Waals surface area contributed by atoms with Gasteiger partial charge in [0.25, 0.3) is 0 Å². The van der Waals surface area contributed by atoms with Gasteiger partial charge in [-0.15, -0.1) is 34.0 Å². The minimum Gasteiger partial charge on any atom is -0.383 e. The molecule has 1 rings (SSSR count). The Labute approximate surface area is 130 Å². The van der Waals surface area contributed by atoms with Gasteiger partial charge < -0.3 is 10.1 Å². The van der Waals surface area contributed by atoms with Crippen LogP contribution in [0.1, 0.15) is 10.4 Å². The van der Waals surface area contributed by atoms with Gasteiger partial charge in [0.15, 0.2) is 5.78 Å². The predicted octanol–water partition coefficient (Wildman–Crippen LogP) is 2.87. The van der Waals surface area contributed by atoms with Crippen LogP contribution < -0.4 is 5.32 Å². The van der Waals surface area contributed by atoms with Crippen molar-refractivity contribution in [1.29, 1.82) is 0 Å². The minimum absolute atomic E-state index is 0. The van der Waals surface area contributed by atoms with Crippen molar-refractivity contribution in [3.63, 3.8) is 0 Å². The average Bonchev–Trinajstić information content (AvgIpc) is 2.29. The van der Waals surface area contributed by atoms with Crippen molar-refractivity contribution in [3.8, 4) is 0 Å². The number of aromatic nitrogens is 1. The zero-order chi connectivity index (χ0) is 11.1. The molecule has 1 aromatic heterocycles. The van der Waals surface area contributed by atoms with Gasteiger partial charge in [-0.25, -0.2) is 4.98 Å². The second-order valence-corrected chi connectivity index (χ2v) is 3.47. The molecule has 0 bridgehead atoms. The zero-order valence-electron chi connectivity index (χ0n) is 9.31. The maximum absolute atomic E-state index is 11.3. The highest BCUT2D eigenvalue weighted by atomic mass is 79.9. The number of Topliss-reactive ketones (excluding diaryl/α,β-unsaturated/α-hetero) is 1. The number of nitrogens with zero attached hydrogens (tertiary/aromatic N) is 1. The van der Waals surface area contributed by atoms with Crippen molar-refractivity contribution in [3.05, 3.63) is 23.9 Å². The van der Waals surface area contributed by atoms with Crippen molar-refractivity contribution in [2.24, 2.45) is 0 Å². The number of rotatable bonds is 6. The van der Waals surface area contributed by atoms with Crippen LogP contribution in [-0.2, 0) is 4.74 Å². The van der Waals surface area contributed by atoms with Gasteiger partial charge in [0, 0.05) is 25.4 Å². The fourth-order valence-electron chi connectivity index (χ4n) is 1.02. The molecule has 0 amide bonds. The summed E-state index contributed by atoms with van der Waals surface area (Å²) in [4.78, 5) is 15.4. The predicted molar refractivity (Wildman–Crippen MR) is 83.4 cm³/mol. The molecule has 0 aliphatic rings. The summed E-state index contributed by atoms with van der Waals surface area (Å²) in [5.74, 6) is 0.782. The molecule has 0 spiro atoms. The first-order valence-corrected chi connectivity index (χ1v) is 5.68. The number of hydrogen-bond donors (Lipinski definition) is 1. The Bertz CT molecular complexity index is 320. The van der Waals surface area contributed by atoms with Crippen molar-refractivity contribution in [1.82, 2.24) is 4.98 Å². The molecule has 0 unspecified atom stereocenters. The molecule has 0 aromatic carbocycles. The summed E-state index contributed by atoms with van der Waals surface area (Å²) in [6, 6.07) is 3.54. The topological polar surface area (TPSA) is 51.2 Å². The Morgan fingerprint density at radius 3 is 2.65 bits per heavy atom. The Morgan fingerprint density at radius 2 is 2.18 bits per heavy atom. The van der Waals surface area contributed by atoms with Crippen LogP contribution in [0.3, 0.4) is 0 Å². The minimum atomic E-state index is 0. The molecule has 98 valence electrons. The highest BCUT2D eigenvalue weighted by molar-refractivity contribution is 9.09. The number of pyridine rings is 1. The molecule has 0 aliphatic carbocycles. The van der Waals surface area contributed by atoms with Crippen molar-refractivity contribution < 1.29 is 9.53 Å². The molecular weight excluding hydrogens is 420 g/mol. The number of carbonyl (C=O) groups is 1. The molecule has 7 heteroatoms. The summed E-state index contributed by atoms with van der Waals surface area (Å²) in [7, 11) is 1.65. The SMILES string of the molecule is Br.Br.COCCNc1ccc(C(=O)CBr)cn1. The van der Waals surface area contributed by atoms with E-state index >= 15 is 0 Å². The van der Waals surface area contributed by atoms with E-state index in [1.165, 1.54) is 0 Å². The molecule has 0 saturated heterocycles. The van der Waals surface area contributed by atoms with Crippen LogP contribution in [0.15, 0.2) is 18.3 Å². The van der Waals surface area contributed by atoms with E-state index in [1.54, 1.807) is 25.4 Å². The largest absolute Gasteiger partial charge is 0.383 e. The normalized spacial score (nSPS) is 8.82. The molecule has 0 aliphatic heterocycles. The number of anilines is 1. The lowest BCUT2D eigenvalue weighted by atomic mass is 10.2. The monoisotopic (exact) mass is 432 g/mol.